The first-order valence-electron chi connectivity index (χ1n) is 8.06. The topological polar surface area (TPSA) is 47.7 Å². The maximum Gasteiger partial charge on any atom is 0.189 e. The first-order chi connectivity index (χ1) is 12.9. The van der Waals surface area contributed by atoms with E-state index in [1.54, 1.807) is 6.07 Å². The molecule has 0 heterocycles. The molecule has 0 amide bonds. The number of hydrogen-bond acceptors (Lipinski definition) is 3. The normalized spacial score (nSPS) is 11.0. The van der Waals surface area contributed by atoms with Crippen LogP contribution in [0.5, 0.6) is 5.75 Å². The van der Waals surface area contributed by atoms with E-state index in [-0.39, 0.29) is 21.4 Å². The Balaban J connectivity index is 2.03. The first kappa shape index (κ1) is 19.0. The van der Waals surface area contributed by atoms with Gasteiger partial charge in [0, 0.05) is 10.6 Å². The molecule has 0 radical (unpaired) electrons. The molecular formula is C21H16ClNO3S. The number of hydrogen-bond donors (Lipinski definition) is 0. The Labute approximate surface area is 163 Å². The summed E-state index contributed by atoms with van der Waals surface area (Å²) in [6.45, 7) is 7.10. The van der Waals surface area contributed by atoms with Crippen LogP contribution in [-0.2, 0) is 15.6 Å². The quantitative estimate of drug-likeness (QED) is 0.531. The average molecular weight is 398 g/mol. The molecule has 136 valence electrons. The van der Waals surface area contributed by atoms with Crippen molar-refractivity contribution in [1.82, 2.24) is 0 Å². The maximum atomic E-state index is 12.9. The number of nitrogens with zero attached hydrogens (tertiary/aromatic N) is 1. The van der Waals surface area contributed by atoms with E-state index in [9.17, 15) is 8.42 Å². The standard InChI is InChI=1S/C21H16ClNO3S/c1-23-19-11-18(22)12-20(13-19)27(24,25)14-17-10-16(8-9-21(17)26-2)15-6-4-3-5-7-15/h3-13H,14H2,2H3. The lowest BCUT2D eigenvalue weighted by molar-refractivity contribution is 0.411. The van der Waals surface area contributed by atoms with Crippen LogP contribution >= 0.6 is 11.6 Å². The van der Waals surface area contributed by atoms with Gasteiger partial charge in [0.1, 0.15) is 5.75 Å². The highest BCUT2D eigenvalue weighted by molar-refractivity contribution is 7.90. The van der Waals surface area contributed by atoms with Crippen molar-refractivity contribution in [3.05, 3.63) is 88.7 Å². The van der Waals surface area contributed by atoms with Gasteiger partial charge >= 0.3 is 0 Å². The number of rotatable bonds is 5. The first-order valence-corrected chi connectivity index (χ1v) is 10.1. The molecule has 0 N–H and O–H groups in total. The van der Waals surface area contributed by atoms with Crippen LogP contribution in [0.2, 0.25) is 5.02 Å². The van der Waals surface area contributed by atoms with Crippen molar-refractivity contribution in [3.63, 3.8) is 0 Å². The van der Waals surface area contributed by atoms with Crippen molar-refractivity contribution < 1.29 is 13.2 Å². The molecule has 6 heteroatoms. The molecule has 3 aromatic rings. The SMILES string of the molecule is [C-]#[N+]c1cc(Cl)cc(S(=O)(=O)Cc2cc(-c3ccccc3)ccc2OC)c1. The van der Waals surface area contributed by atoms with Crippen LogP contribution in [0.1, 0.15) is 5.56 Å². The molecule has 0 saturated heterocycles. The fourth-order valence-corrected chi connectivity index (χ4v) is 4.48. The Morgan fingerprint density at radius 1 is 1.00 bits per heavy atom. The van der Waals surface area contributed by atoms with E-state index in [1.807, 2.05) is 42.5 Å². The predicted molar refractivity (Wildman–Crippen MR) is 107 cm³/mol. The summed E-state index contributed by atoms with van der Waals surface area (Å²) in [4.78, 5) is 3.30. The van der Waals surface area contributed by atoms with Crippen LogP contribution in [0.25, 0.3) is 16.0 Å². The maximum absolute atomic E-state index is 12.9. The van der Waals surface area contributed by atoms with Gasteiger partial charge in [-0.1, -0.05) is 48.0 Å². The van der Waals surface area contributed by atoms with Crippen molar-refractivity contribution in [3.8, 4) is 16.9 Å². The second kappa shape index (κ2) is 7.83. The molecule has 0 aromatic heterocycles. The molecule has 27 heavy (non-hydrogen) atoms. The lowest BCUT2D eigenvalue weighted by Gasteiger charge is -2.12. The van der Waals surface area contributed by atoms with Gasteiger partial charge in [-0.3, -0.25) is 0 Å². The Morgan fingerprint density at radius 3 is 2.41 bits per heavy atom. The van der Waals surface area contributed by atoms with E-state index >= 15 is 0 Å². The molecule has 0 bridgehead atoms. The lowest BCUT2D eigenvalue weighted by Crippen LogP contribution is -2.06. The molecule has 0 aliphatic rings. The highest BCUT2D eigenvalue weighted by Crippen LogP contribution is 2.31. The molecule has 0 spiro atoms. The van der Waals surface area contributed by atoms with E-state index in [4.69, 9.17) is 22.9 Å². The fourth-order valence-electron chi connectivity index (χ4n) is 2.78. The van der Waals surface area contributed by atoms with Crippen molar-refractivity contribution in [2.75, 3.05) is 7.11 Å². The molecule has 0 unspecified atom stereocenters. The second-order valence-electron chi connectivity index (χ2n) is 5.91. The van der Waals surface area contributed by atoms with Crippen LogP contribution in [-0.4, -0.2) is 15.5 Å². The predicted octanol–water partition coefficient (Wildman–Crippen LogP) is 5.54. The number of ether oxygens (including phenoxy) is 1. The Kier molecular flexibility index (Phi) is 5.50. The summed E-state index contributed by atoms with van der Waals surface area (Å²) >= 11 is 5.97. The molecule has 0 atom stereocenters. The van der Waals surface area contributed by atoms with E-state index in [1.165, 1.54) is 25.3 Å². The fraction of sp³-hybridized carbons (Fsp3) is 0.0952. The molecule has 0 fully saturated rings. The zero-order valence-electron chi connectivity index (χ0n) is 14.5. The van der Waals surface area contributed by atoms with Crippen LogP contribution in [0.15, 0.2) is 71.6 Å². The van der Waals surface area contributed by atoms with Crippen LogP contribution in [0, 0.1) is 6.57 Å². The molecular weight excluding hydrogens is 382 g/mol. The van der Waals surface area contributed by atoms with Gasteiger partial charge in [-0.15, -0.1) is 0 Å². The summed E-state index contributed by atoms with van der Waals surface area (Å²) in [6, 6.07) is 19.3. The van der Waals surface area contributed by atoms with Gasteiger partial charge in [0.2, 0.25) is 0 Å². The molecule has 0 saturated carbocycles. The molecule has 3 aromatic carbocycles. The Hall–Kier alpha value is -2.81. The number of sulfone groups is 1. The van der Waals surface area contributed by atoms with Gasteiger partial charge in [0.15, 0.2) is 15.5 Å². The molecule has 0 aliphatic heterocycles. The van der Waals surface area contributed by atoms with Crippen LogP contribution < -0.4 is 4.74 Å². The average Bonchev–Trinajstić information content (AvgIpc) is 2.67. The van der Waals surface area contributed by atoms with Gasteiger partial charge in [-0.05, 0) is 41.5 Å². The smallest absolute Gasteiger partial charge is 0.189 e. The van der Waals surface area contributed by atoms with Crippen LogP contribution in [0.4, 0.5) is 5.69 Å². The zero-order valence-corrected chi connectivity index (χ0v) is 16.1. The van der Waals surface area contributed by atoms with E-state index < -0.39 is 9.84 Å². The number of benzene rings is 3. The van der Waals surface area contributed by atoms with Crippen LogP contribution in [0.3, 0.4) is 0 Å². The minimum atomic E-state index is -3.71. The van der Waals surface area contributed by atoms with Crippen molar-refractivity contribution >= 4 is 27.1 Å². The van der Waals surface area contributed by atoms with E-state index in [0.29, 0.717) is 11.3 Å². The lowest BCUT2D eigenvalue weighted by atomic mass is 10.0. The summed E-state index contributed by atoms with van der Waals surface area (Å²) in [5.41, 5.74) is 2.61. The third-order valence-corrected chi connectivity index (χ3v) is 5.94. The van der Waals surface area contributed by atoms with Crippen molar-refractivity contribution in [2.45, 2.75) is 10.6 Å². The highest BCUT2D eigenvalue weighted by atomic mass is 35.5. The minimum absolute atomic E-state index is 0.0215. The summed E-state index contributed by atoms with van der Waals surface area (Å²) in [7, 11) is -2.20. The summed E-state index contributed by atoms with van der Waals surface area (Å²) in [6.07, 6.45) is 0. The third-order valence-electron chi connectivity index (χ3n) is 4.08. The van der Waals surface area contributed by atoms with Gasteiger partial charge in [-0.25, -0.2) is 13.3 Å². The molecule has 0 aliphatic carbocycles. The van der Waals surface area contributed by atoms with E-state index in [2.05, 4.69) is 4.85 Å². The Morgan fingerprint density at radius 2 is 1.74 bits per heavy atom. The summed E-state index contributed by atoms with van der Waals surface area (Å²) in [5, 5.41) is 0.215. The van der Waals surface area contributed by atoms with E-state index in [0.717, 1.165) is 11.1 Å². The van der Waals surface area contributed by atoms with Crippen molar-refractivity contribution in [1.29, 1.82) is 0 Å². The van der Waals surface area contributed by atoms with Gasteiger partial charge in [0.05, 0.1) is 24.3 Å². The Bertz CT molecular complexity index is 1120. The second-order valence-corrected chi connectivity index (χ2v) is 8.33. The number of methoxy groups -OCH3 is 1. The van der Waals surface area contributed by atoms with Gasteiger partial charge in [-0.2, -0.15) is 0 Å². The zero-order chi connectivity index (χ0) is 19.4. The van der Waals surface area contributed by atoms with Gasteiger partial charge < -0.3 is 4.74 Å². The monoisotopic (exact) mass is 397 g/mol. The largest absolute Gasteiger partial charge is 0.496 e. The summed E-state index contributed by atoms with van der Waals surface area (Å²) in [5.74, 6) is 0.236. The van der Waals surface area contributed by atoms with Gasteiger partial charge in [0.25, 0.3) is 0 Å². The highest BCUT2D eigenvalue weighted by Gasteiger charge is 2.20. The van der Waals surface area contributed by atoms with Crippen molar-refractivity contribution in [2.24, 2.45) is 0 Å². The molecule has 4 nitrogen and oxygen atoms in total. The molecule has 3 rings (SSSR count). The summed E-state index contributed by atoms with van der Waals surface area (Å²) < 4.78 is 31.2. The third kappa shape index (κ3) is 4.30. The number of halogens is 1. The minimum Gasteiger partial charge on any atom is -0.496 e.